The lowest BCUT2D eigenvalue weighted by molar-refractivity contribution is -0.122. The van der Waals surface area contributed by atoms with Gasteiger partial charge in [-0.2, -0.15) is 5.26 Å². The van der Waals surface area contributed by atoms with E-state index >= 15 is 0 Å². The van der Waals surface area contributed by atoms with Crippen molar-refractivity contribution in [3.63, 3.8) is 0 Å². The fourth-order valence-electron chi connectivity index (χ4n) is 4.28. The van der Waals surface area contributed by atoms with Gasteiger partial charge in [-0.25, -0.2) is 0 Å². The molecule has 1 aliphatic rings. The Morgan fingerprint density at radius 3 is 2.79 bits per heavy atom. The number of amides is 1. The van der Waals surface area contributed by atoms with E-state index in [1.807, 2.05) is 51.0 Å². The van der Waals surface area contributed by atoms with E-state index in [4.69, 9.17) is 4.74 Å². The van der Waals surface area contributed by atoms with Gasteiger partial charge in [0.05, 0.1) is 24.3 Å². The molecular formula is C26H29N5O2S. The summed E-state index contributed by atoms with van der Waals surface area (Å²) in [5, 5.41) is 23.3. The Balaban J connectivity index is 1.62. The second-order valence-corrected chi connectivity index (χ2v) is 10.0. The van der Waals surface area contributed by atoms with Gasteiger partial charge in [0, 0.05) is 11.1 Å². The minimum absolute atomic E-state index is 0.00756. The summed E-state index contributed by atoms with van der Waals surface area (Å²) in [6.45, 7) is 4.24. The molecule has 1 aliphatic carbocycles. The monoisotopic (exact) mass is 475 g/mol. The number of rotatable bonds is 7. The van der Waals surface area contributed by atoms with Gasteiger partial charge in [0.1, 0.15) is 21.8 Å². The van der Waals surface area contributed by atoms with E-state index < -0.39 is 0 Å². The van der Waals surface area contributed by atoms with Crippen molar-refractivity contribution in [2.24, 2.45) is 0 Å². The van der Waals surface area contributed by atoms with Crippen molar-refractivity contribution in [3.05, 3.63) is 53.1 Å². The molecule has 0 spiro atoms. The molecule has 0 aliphatic heterocycles. The summed E-state index contributed by atoms with van der Waals surface area (Å²) in [5.74, 6) is 0.607. The maximum Gasteiger partial charge on any atom is 0.234 e. The fourth-order valence-corrected chi connectivity index (χ4v) is 5.17. The number of carbonyl (C=O) groups excluding carboxylic acids is 1. The Labute approximate surface area is 204 Å². The Morgan fingerprint density at radius 1 is 1.26 bits per heavy atom. The van der Waals surface area contributed by atoms with Gasteiger partial charge in [-0.15, -0.1) is 10.2 Å². The smallest absolute Gasteiger partial charge is 0.234 e. The van der Waals surface area contributed by atoms with Crippen LogP contribution in [0.5, 0.6) is 5.75 Å². The number of nitrogens with zero attached hydrogens (tertiary/aromatic N) is 4. The second kappa shape index (κ2) is 10.3. The summed E-state index contributed by atoms with van der Waals surface area (Å²) in [4.78, 5) is 14.2. The van der Waals surface area contributed by atoms with E-state index in [2.05, 4.69) is 33.7 Å². The van der Waals surface area contributed by atoms with Crippen molar-refractivity contribution in [2.75, 3.05) is 20.6 Å². The molecule has 8 heteroatoms. The number of fused-ring (bicyclic) bond motifs is 1. The number of benzene rings is 2. The van der Waals surface area contributed by atoms with Crippen LogP contribution in [-0.2, 0) is 11.2 Å². The third kappa shape index (κ3) is 5.27. The average molecular weight is 476 g/mol. The summed E-state index contributed by atoms with van der Waals surface area (Å²) in [6.07, 6.45) is 2.87. The summed E-state index contributed by atoms with van der Waals surface area (Å²) in [6, 6.07) is 14.0. The number of nitrogens with one attached hydrogen (secondary N) is 1. The van der Waals surface area contributed by atoms with Crippen LogP contribution in [0.1, 0.15) is 49.4 Å². The first-order chi connectivity index (χ1) is 16.4. The number of nitriles is 1. The van der Waals surface area contributed by atoms with Crippen LogP contribution >= 0.6 is 11.3 Å². The first-order valence-electron chi connectivity index (χ1n) is 11.5. The zero-order chi connectivity index (χ0) is 24.2. The molecule has 0 fully saturated rings. The van der Waals surface area contributed by atoms with E-state index in [0.717, 1.165) is 46.0 Å². The predicted octanol–water partition coefficient (Wildman–Crippen LogP) is 4.59. The van der Waals surface area contributed by atoms with Gasteiger partial charge in [0.2, 0.25) is 5.91 Å². The average Bonchev–Trinajstić information content (AvgIpc) is 3.28. The minimum atomic E-state index is -0.00756. The molecule has 1 N–H and O–H groups in total. The number of hydrogen-bond donors (Lipinski definition) is 1. The van der Waals surface area contributed by atoms with Gasteiger partial charge < -0.3 is 15.0 Å². The standard InChI is InChI=1S/C26H29N5O2S/c1-16(2)33-23-12-11-17(13-18(23)14-27)25-29-30-26(34-25)21-9-5-8-20-19(21)7-6-10-22(20)28-24(32)15-31(3)4/h5,8-9,11-13,16,22H,6-7,10,15H2,1-4H3,(H,28,32)/t22-/m1/s1. The second-order valence-electron chi connectivity index (χ2n) is 9.03. The molecule has 0 bridgehead atoms. The lowest BCUT2D eigenvalue weighted by Crippen LogP contribution is -2.37. The van der Waals surface area contributed by atoms with Gasteiger partial charge in [-0.05, 0) is 76.5 Å². The van der Waals surface area contributed by atoms with Gasteiger partial charge in [-0.1, -0.05) is 29.5 Å². The van der Waals surface area contributed by atoms with Crippen LogP contribution in [0.4, 0.5) is 0 Å². The molecule has 1 heterocycles. The Kier molecular flexibility index (Phi) is 7.25. The van der Waals surface area contributed by atoms with E-state index in [-0.39, 0.29) is 18.1 Å². The number of hydrogen-bond acceptors (Lipinski definition) is 7. The van der Waals surface area contributed by atoms with E-state index in [9.17, 15) is 10.1 Å². The summed E-state index contributed by atoms with van der Waals surface area (Å²) in [7, 11) is 3.79. The Bertz CT molecular complexity index is 1230. The third-order valence-electron chi connectivity index (χ3n) is 5.67. The van der Waals surface area contributed by atoms with Crippen LogP contribution < -0.4 is 10.1 Å². The highest BCUT2D eigenvalue weighted by Gasteiger charge is 2.25. The zero-order valence-corrected chi connectivity index (χ0v) is 20.8. The lowest BCUT2D eigenvalue weighted by Gasteiger charge is -2.28. The Hall–Kier alpha value is -3.28. The molecule has 0 saturated carbocycles. The number of ether oxygens (including phenoxy) is 1. The maximum atomic E-state index is 12.4. The maximum absolute atomic E-state index is 12.4. The van der Waals surface area contributed by atoms with E-state index in [1.54, 1.807) is 6.07 Å². The first kappa shape index (κ1) is 23.9. The molecule has 0 saturated heterocycles. The van der Waals surface area contributed by atoms with Crippen molar-refractivity contribution < 1.29 is 9.53 Å². The van der Waals surface area contributed by atoms with Gasteiger partial charge in [0.15, 0.2) is 0 Å². The number of carbonyl (C=O) groups is 1. The summed E-state index contributed by atoms with van der Waals surface area (Å²) in [5.41, 5.74) is 4.78. The third-order valence-corrected chi connectivity index (χ3v) is 6.67. The van der Waals surface area contributed by atoms with Crippen molar-refractivity contribution in [1.82, 2.24) is 20.4 Å². The molecule has 0 radical (unpaired) electrons. The zero-order valence-electron chi connectivity index (χ0n) is 20.0. The van der Waals surface area contributed by atoms with E-state index in [0.29, 0.717) is 17.9 Å². The molecule has 3 aromatic rings. The van der Waals surface area contributed by atoms with Crippen LogP contribution in [0.3, 0.4) is 0 Å². The number of likely N-dealkylation sites (N-methyl/N-ethyl adjacent to an activating group) is 1. The van der Waals surface area contributed by atoms with Crippen molar-refractivity contribution in [3.8, 4) is 33.0 Å². The van der Waals surface area contributed by atoms with Crippen molar-refractivity contribution >= 4 is 17.2 Å². The van der Waals surface area contributed by atoms with Crippen LogP contribution in [0.25, 0.3) is 21.1 Å². The highest BCUT2D eigenvalue weighted by Crippen LogP contribution is 2.39. The molecule has 7 nitrogen and oxygen atoms in total. The van der Waals surface area contributed by atoms with Crippen LogP contribution in [-0.4, -0.2) is 47.7 Å². The van der Waals surface area contributed by atoms with Gasteiger partial charge in [-0.3, -0.25) is 4.79 Å². The molecular weight excluding hydrogens is 446 g/mol. The highest BCUT2D eigenvalue weighted by atomic mass is 32.1. The lowest BCUT2D eigenvalue weighted by atomic mass is 9.85. The number of aromatic nitrogens is 2. The van der Waals surface area contributed by atoms with Crippen LogP contribution in [0.2, 0.25) is 0 Å². The fraction of sp³-hybridized carbons (Fsp3) is 0.385. The van der Waals surface area contributed by atoms with Crippen LogP contribution in [0.15, 0.2) is 36.4 Å². The molecule has 1 amide bonds. The first-order valence-corrected chi connectivity index (χ1v) is 12.3. The van der Waals surface area contributed by atoms with E-state index in [1.165, 1.54) is 16.9 Å². The molecule has 0 unspecified atom stereocenters. The molecule has 1 atom stereocenters. The van der Waals surface area contributed by atoms with Crippen molar-refractivity contribution in [2.45, 2.75) is 45.3 Å². The minimum Gasteiger partial charge on any atom is -0.490 e. The van der Waals surface area contributed by atoms with Crippen molar-refractivity contribution in [1.29, 1.82) is 5.26 Å². The SMILES string of the molecule is CC(C)Oc1ccc(-c2nnc(-c3cccc4c3CCC[C@H]4NC(=O)CN(C)C)s2)cc1C#N. The molecule has 4 rings (SSSR count). The molecule has 1 aromatic heterocycles. The predicted molar refractivity (Wildman–Crippen MR) is 134 cm³/mol. The summed E-state index contributed by atoms with van der Waals surface area (Å²) < 4.78 is 5.73. The van der Waals surface area contributed by atoms with Crippen LogP contribution in [0, 0.1) is 11.3 Å². The Morgan fingerprint density at radius 2 is 2.06 bits per heavy atom. The van der Waals surface area contributed by atoms with Gasteiger partial charge >= 0.3 is 0 Å². The highest BCUT2D eigenvalue weighted by molar-refractivity contribution is 7.17. The van der Waals surface area contributed by atoms with Gasteiger partial charge in [0.25, 0.3) is 0 Å². The molecule has 2 aromatic carbocycles. The molecule has 176 valence electrons. The topological polar surface area (TPSA) is 91.1 Å². The summed E-state index contributed by atoms with van der Waals surface area (Å²) >= 11 is 1.51. The quantitative estimate of drug-likeness (QED) is 0.538. The normalized spacial score (nSPS) is 15.1. The largest absolute Gasteiger partial charge is 0.490 e. The molecule has 34 heavy (non-hydrogen) atoms.